The predicted octanol–water partition coefficient (Wildman–Crippen LogP) is 5.02. The minimum absolute atomic E-state index is 0.0244. The number of carbonyl (C=O) groups is 1. The molecule has 0 aromatic rings. The van der Waals surface area contributed by atoms with Crippen molar-refractivity contribution in [2.75, 3.05) is 0 Å². The quantitative estimate of drug-likeness (QED) is 0.401. The van der Waals surface area contributed by atoms with E-state index in [0.717, 1.165) is 38.5 Å². The summed E-state index contributed by atoms with van der Waals surface area (Å²) in [5.41, 5.74) is 1.91. The van der Waals surface area contributed by atoms with E-state index in [-0.39, 0.29) is 28.9 Å². The molecule has 0 aromatic carbocycles. The third kappa shape index (κ3) is 2.50. The number of allylic oxidation sites excluding steroid dienone is 1. The molecular weight excluding hydrogens is 314 g/mol. The summed E-state index contributed by atoms with van der Waals surface area (Å²) in [6.45, 7) is 6.29. The number of hydrogen-bond acceptors (Lipinski definition) is 4. The van der Waals surface area contributed by atoms with Gasteiger partial charge in [0.15, 0.2) is 0 Å². The highest BCUT2D eigenvalue weighted by Gasteiger charge is 2.59. The van der Waals surface area contributed by atoms with E-state index in [1.165, 1.54) is 25.3 Å². The maximum Gasteiger partial charge on any atom is 0.302 e. The van der Waals surface area contributed by atoms with Gasteiger partial charge < -0.3 is 4.74 Å². The third-order valence-electron chi connectivity index (χ3n) is 8.47. The molecule has 4 rings (SSSR count). The molecule has 0 amide bonds. The summed E-state index contributed by atoms with van der Waals surface area (Å²) in [7, 11) is 0. The summed E-state index contributed by atoms with van der Waals surface area (Å²) in [6.07, 6.45) is 11.2. The zero-order valence-electron chi connectivity index (χ0n) is 15.8. The Morgan fingerprint density at radius 3 is 2.68 bits per heavy atom. The van der Waals surface area contributed by atoms with Gasteiger partial charge >= 0.3 is 5.97 Å². The minimum atomic E-state index is -0.158. The molecule has 0 N–H and O–H groups in total. The Hall–Kier alpha value is -1.19. The molecule has 4 aliphatic rings. The second kappa shape index (κ2) is 5.92. The van der Waals surface area contributed by atoms with Gasteiger partial charge in [-0.1, -0.05) is 30.7 Å². The Labute approximate surface area is 150 Å². The number of esters is 1. The molecule has 0 aromatic heterocycles. The molecule has 4 heteroatoms. The maximum atomic E-state index is 11.3. The zero-order chi connectivity index (χ0) is 17.8. The van der Waals surface area contributed by atoms with Crippen LogP contribution in [0.1, 0.15) is 72.1 Å². The van der Waals surface area contributed by atoms with Crippen molar-refractivity contribution in [1.82, 2.24) is 0 Å². The summed E-state index contributed by atoms with van der Waals surface area (Å²) in [6, 6.07) is 0.0244. The Balaban J connectivity index is 1.59. The van der Waals surface area contributed by atoms with Gasteiger partial charge in [-0.3, -0.25) is 4.79 Å². The van der Waals surface area contributed by atoms with Crippen LogP contribution in [0, 0.1) is 33.5 Å². The summed E-state index contributed by atoms with van der Waals surface area (Å²) in [4.78, 5) is 22.7. The lowest BCUT2D eigenvalue weighted by molar-refractivity contribution is -0.148. The second-order valence-corrected chi connectivity index (χ2v) is 9.48. The summed E-state index contributed by atoms with van der Waals surface area (Å²) in [5.74, 6) is 1.91. The fourth-order valence-electron chi connectivity index (χ4n) is 7.11. The van der Waals surface area contributed by atoms with Gasteiger partial charge in [-0.05, 0) is 73.5 Å². The molecule has 0 saturated heterocycles. The number of nitrogens with zero attached hydrogens (tertiary/aromatic N) is 1. The van der Waals surface area contributed by atoms with E-state index >= 15 is 0 Å². The van der Waals surface area contributed by atoms with Gasteiger partial charge in [0.2, 0.25) is 0 Å². The molecular formula is C21H31NO3. The number of fused-ring (bicyclic) bond motifs is 5. The molecule has 0 spiro atoms. The zero-order valence-corrected chi connectivity index (χ0v) is 15.8. The number of rotatable bonds is 2. The smallest absolute Gasteiger partial charge is 0.302 e. The van der Waals surface area contributed by atoms with Gasteiger partial charge in [0.05, 0.1) is 6.04 Å². The molecule has 4 nitrogen and oxygen atoms in total. The topological polar surface area (TPSA) is 55.7 Å². The number of ether oxygens (including phenoxy) is 1. The van der Waals surface area contributed by atoms with E-state index in [1.807, 2.05) is 0 Å². The van der Waals surface area contributed by atoms with E-state index in [0.29, 0.717) is 17.8 Å². The fourth-order valence-corrected chi connectivity index (χ4v) is 7.11. The van der Waals surface area contributed by atoms with Crippen molar-refractivity contribution in [3.63, 3.8) is 0 Å². The van der Waals surface area contributed by atoms with Crippen LogP contribution in [0.5, 0.6) is 0 Å². The van der Waals surface area contributed by atoms with E-state index < -0.39 is 0 Å². The van der Waals surface area contributed by atoms with Crippen molar-refractivity contribution < 1.29 is 9.53 Å². The Kier molecular flexibility index (Phi) is 4.08. The first-order valence-corrected chi connectivity index (χ1v) is 10.1. The van der Waals surface area contributed by atoms with Gasteiger partial charge in [0, 0.05) is 13.3 Å². The molecule has 3 saturated carbocycles. The molecule has 0 heterocycles. The van der Waals surface area contributed by atoms with Crippen molar-refractivity contribution in [3.05, 3.63) is 16.6 Å². The second-order valence-electron chi connectivity index (χ2n) is 9.48. The van der Waals surface area contributed by atoms with E-state index in [4.69, 9.17) is 4.74 Å². The molecule has 2 unspecified atom stereocenters. The number of hydrogen-bond donors (Lipinski definition) is 0. The lowest BCUT2D eigenvalue weighted by Crippen LogP contribution is -2.51. The predicted molar refractivity (Wildman–Crippen MR) is 96.8 cm³/mol. The van der Waals surface area contributed by atoms with E-state index in [1.54, 1.807) is 0 Å². The highest BCUT2D eigenvalue weighted by molar-refractivity contribution is 5.66. The minimum Gasteiger partial charge on any atom is -0.462 e. The standard InChI is InChI=1S/C21H31NO3/c1-13(23)25-15-8-10-20(2)14(12-15)4-5-16-17-6-7-19(22-24)21(17,3)11-9-18(16)20/h4,15-19H,5-12H2,1-3H3/t15?,16-,17-,18+,19?,20-,21-/m0/s1. The SMILES string of the molecule is CC(=O)OC1CC[C@@]2(C)C(=CC[C@@H]3[C@H]2CC[C@]2(C)C(N=O)CC[C@@H]32)C1. The fraction of sp³-hybridized carbons (Fsp3) is 0.857. The third-order valence-corrected chi connectivity index (χ3v) is 8.47. The first kappa shape index (κ1) is 17.2. The van der Waals surface area contributed by atoms with Crippen LogP contribution >= 0.6 is 0 Å². The molecule has 0 radical (unpaired) electrons. The van der Waals surface area contributed by atoms with Crippen LogP contribution in [0.3, 0.4) is 0 Å². The monoisotopic (exact) mass is 345 g/mol. The lowest BCUT2D eigenvalue weighted by Gasteiger charge is -2.57. The highest BCUT2D eigenvalue weighted by Crippen LogP contribution is 2.65. The summed E-state index contributed by atoms with van der Waals surface area (Å²) in [5, 5.41) is 3.50. The van der Waals surface area contributed by atoms with Crippen LogP contribution in [0.25, 0.3) is 0 Å². The summed E-state index contributed by atoms with van der Waals surface area (Å²) >= 11 is 0. The molecule has 138 valence electrons. The van der Waals surface area contributed by atoms with Gasteiger partial charge in [-0.2, -0.15) is 4.91 Å². The van der Waals surface area contributed by atoms with Gasteiger partial charge in [0.25, 0.3) is 0 Å². The maximum absolute atomic E-state index is 11.3. The molecule has 4 aliphatic carbocycles. The Bertz CT molecular complexity index is 614. The van der Waals surface area contributed by atoms with Crippen LogP contribution in [0.15, 0.2) is 16.8 Å². The lowest BCUT2D eigenvalue weighted by atomic mass is 9.48. The van der Waals surface area contributed by atoms with Gasteiger partial charge in [-0.15, -0.1) is 0 Å². The van der Waals surface area contributed by atoms with Crippen LogP contribution in [-0.4, -0.2) is 18.1 Å². The Morgan fingerprint density at radius 2 is 1.96 bits per heavy atom. The van der Waals surface area contributed by atoms with Crippen LogP contribution < -0.4 is 0 Å². The first-order valence-electron chi connectivity index (χ1n) is 10.1. The van der Waals surface area contributed by atoms with E-state index in [2.05, 4.69) is 25.1 Å². The van der Waals surface area contributed by atoms with E-state index in [9.17, 15) is 9.70 Å². The van der Waals surface area contributed by atoms with Crippen LogP contribution in [0.2, 0.25) is 0 Å². The summed E-state index contributed by atoms with van der Waals surface area (Å²) < 4.78 is 5.51. The molecule has 0 bridgehead atoms. The van der Waals surface area contributed by atoms with Crippen molar-refractivity contribution in [2.24, 2.45) is 33.8 Å². The number of nitroso groups, excluding NO2 is 1. The largest absolute Gasteiger partial charge is 0.462 e. The normalized spacial score (nSPS) is 48.6. The number of carbonyl (C=O) groups excluding carboxylic acids is 1. The molecule has 3 fully saturated rings. The molecule has 25 heavy (non-hydrogen) atoms. The van der Waals surface area contributed by atoms with Gasteiger partial charge in [0.1, 0.15) is 6.10 Å². The average molecular weight is 345 g/mol. The van der Waals surface area contributed by atoms with Crippen molar-refractivity contribution in [1.29, 1.82) is 0 Å². The van der Waals surface area contributed by atoms with Crippen molar-refractivity contribution in [3.8, 4) is 0 Å². The highest BCUT2D eigenvalue weighted by atomic mass is 16.5. The van der Waals surface area contributed by atoms with Crippen molar-refractivity contribution in [2.45, 2.75) is 84.3 Å². The first-order chi connectivity index (χ1) is 11.9. The molecule has 0 aliphatic heterocycles. The average Bonchev–Trinajstić information content (AvgIpc) is 2.91. The Morgan fingerprint density at radius 1 is 1.16 bits per heavy atom. The van der Waals surface area contributed by atoms with Crippen LogP contribution in [0.4, 0.5) is 0 Å². The van der Waals surface area contributed by atoms with Crippen molar-refractivity contribution >= 4 is 5.97 Å². The van der Waals surface area contributed by atoms with Crippen LogP contribution in [-0.2, 0) is 9.53 Å². The molecule has 7 atom stereocenters. The van der Waals surface area contributed by atoms with Gasteiger partial charge in [-0.25, -0.2) is 0 Å².